The number of hydrazone groups is 1. The Hall–Kier alpha value is -1.65. The fourth-order valence-electron chi connectivity index (χ4n) is 2.53. The van der Waals surface area contributed by atoms with E-state index >= 15 is 0 Å². The quantitative estimate of drug-likeness (QED) is 0.203. The normalized spacial score (nSPS) is 10.9. The van der Waals surface area contributed by atoms with Gasteiger partial charge in [0.2, 0.25) is 5.91 Å². The molecule has 1 N–H and O–H groups in total. The van der Waals surface area contributed by atoms with E-state index in [4.69, 9.17) is 16.3 Å². The maximum atomic E-state index is 12.0. The first kappa shape index (κ1) is 22.0. The van der Waals surface area contributed by atoms with E-state index in [-0.39, 0.29) is 12.3 Å². The SMILES string of the molecule is O=C(Cc1ccc(Cl)cc1)N/N=C\c1cc(I)c(OCc2ccccc2)c(I)c1. The number of ether oxygens (including phenoxy) is 1. The molecule has 0 aliphatic rings. The number of halogens is 3. The van der Waals surface area contributed by atoms with Crippen molar-refractivity contribution in [2.45, 2.75) is 13.0 Å². The molecule has 4 nitrogen and oxygen atoms in total. The summed E-state index contributed by atoms with van der Waals surface area (Å²) in [6.45, 7) is 0.515. The van der Waals surface area contributed by atoms with Crippen molar-refractivity contribution < 1.29 is 9.53 Å². The minimum absolute atomic E-state index is 0.184. The minimum atomic E-state index is -0.184. The van der Waals surface area contributed by atoms with Gasteiger partial charge in [-0.15, -0.1) is 0 Å². The van der Waals surface area contributed by atoms with Crippen LogP contribution in [0.4, 0.5) is 0 Å². The summed E-state index contributed by atoms with van der Waals surface area (Å²) in [7, 11) is 0. The molecule has 148 valence electrons. The van der Waals surface area contributed by atoms with Crippen LogP contribution in [0.2, 0.25) is 5.02 Å². The van der Waals surface area contributed by atoms with Crippen LogP contribution >= 0.6 is 56.8 Å². The second-order valence-electron chi connectivity index (χ2n) is 6.18. The van der Waals surface area contributed by atoms with Gasteiger partial charge in [-0.3, -0.25) is 4.79 Å². The number of carbonyl (C=O) groups excluding carboxylic acids is 1. The number of nitrogens with one attached hydrogen (secondary N) is 1. The molecule has 0 aliphatic heterocycles. The first-order chi connectivity index (χ1) is 14.0. The van der Waals surface area contributed by atoms with Crippen LogP contribution in [0.25, 0.3) is 0 Å². The molecular weight excluding hydrogens is 614 g/mol. The maximum Gasteiger partial charge on any atom is 0.244 e. The van der Waals surface area contributed by atoms with Crippen LogP contribution in [0.5, 0.6) is 5.75 Å². The zero-order valence-corrected chi connectivity index (χ0v) is 20.3. The van der Waals surface area contributed by atoms with E-state index in [9.17, 15) is 4.79 Å². The molecule has 0 heterocycles. The van der Waals surface area contributed by atoms with Crippen molar-refractivity contribution in [2.75, 3.05) is 0 Å². The maximum absolute atomic E-state index is 12.0. The third kappa shape index (κ3) is 6.97. The largest absolute Gasteiger partial charge is 0.487 e. The average Bonchev–Trinajstić information content (AvgIpc) is 2.70. The van der Waals surface area contributed by atoms with Gasteiger partial charge in [-0.25, -0.2) is 5.43 Å². The molecule has 3 rings (SSSR count). The second kappa shape index (κ2) is 10.9. The van der Waals surface area contributed by atoms with Gasteiger partial charge in [-0.05, 0) is 86.1 Å². The molecule has 0 bridgehead atoms. The highest BCUT2D eigenvalue weighted by molar-refractivity contribution is 14.1. The van der Waals surface area contributed by atoms with Gasteiger partial charge in [0.05, 0.1) is 19.8 Å². The zero-order valence-electron chi connectivity index (χ0n) is 15.2. The number of benzene rings is 3. The summed E-state index contributed by atoms with van der Waals surface area (Å²) in [5.74, 6) is 0.662. The molecule has 0 aliphatic carbocycles. The fourth-order valence-corrected chi connectivity index (χ4v) is 4.78. The van der Waals surface area contributed by atoms with E-state index in [0.29, 0.717) is 11.6 Å². The third-order valence-corrected chi connectivity index (χ3v) is 5.78. The standard InChI is InChI=1S/C22H17ClI2N2O2/c23-18-8-6-15(7-9-18)12-21(28)27-26-13-17-10-19(24)22(20(25)11-17)29-14-16-4-2-1-3-5-16/h1-11,13H,12,14H2,(H,27,28)/b26-13-. The Labute approximate surface area is 202 Å². The van der Waals surface area contributed by atoms with Gasteiger partial charge >= 0.3 is 0 Å². The Morgan fingerprint density at radius 1 is 1.00 bits per heavy atom. The number of nitrogens with zero attached hydrogens (tertiary/aromatic N) is 1. The monoisotopic (exact) mass is 630 g/mol. The van der Waals surface area contributed by atoms with Gasteiger partial charge in [-0.2, -0.15) is 5.10 Å². The van der Waals surface area contributed by atoms with E-state index < -0.39 is 0 Å². The molecule has 0 fully saturated rings. The van der Waals surface area contributed by atoms with Gasteiger partial charge in [0.1, 0.15) is 12.4 Å². The van der Waals surface area contributed by atoms with Gasteiger partial charge in [0.15, 0.2) is 0 Å². The molecule has 7 heteroatoms. The molecule has 3 aromatic carbocycles. The molecule has 29 heavy (non-hydrogen) atoms. The van der Waals surface area contributed by atoms with Gasteiger partial charge < -0.3 is 4.74 Å². The Morgan fingerprint density at radius 3 is 2.31 bits per heavy atom. The second-order valence-corrected chi connectivity index (χ2v) is 8.95. The molecule has 0 atom stereocenters. The van der Waals surface area contributed by atoms with E-state index in [1.807, 2.05) is 54.6 Å². The number of carbonyl (C=O) groups is 1. The van der Waals surface area contributed by atoms with Crippen LogP contribution in [0.1, 0.15) is 16.7 Å². The first-order valence-electron chi connectivity index (χ1n) is 8.73. The van der Waals surface area contributed by atoms with E-state index in [1.54, 1.807) is 18.3 Å². The average molecular weight is 631 g/mol. The summed E-state index contributed by atoms with van der Waals surface area (Å²) < 4.78 is 7.96. The lowest BCUT2D eigenvalue weighted by Gasteiger charge is -2.11. The van der Waals surface area contributed by atoms with Crippen LogP contribution in [0.15, 0.2) is 71.8 Å². The van der Waals surface area contributed by atoms with Crippen molar-refractivity contribution >= 4 is 68.9 Å². The summed E-state index contributed by atoms with van der Waals surface area (Å²) >= 11 is 10.3. The number of rotatable bonds is 7. The van der Waals surface area contributed by atoms with Crippen molar-refractivity contribution in [2.24, 2.45) is 5.10 Å². The topological polar surface area (TPSA) is 50.7 Å². The Kier molecular flexibility index (Phi) is 8.31. The van der Waals surface area contributed by atoms with Gasteiger partial charge in [-0.1, -0.05) is 54.1 Å². The van der Waals surface area contributed by atoms with Crippen molar-refractivity contribution in [3.05, 3.63) is 95.6 Å². The number of amides is 1. The van der Waals surface area contributed by atoms with E-state index in [0.717, 1.165) is 29.6 Å². The Balaban J connectivity index is 1.57. The summed E-state index contributed by atoms with van der Waals surface area (Å²) in [5.41, 5.74) is 5.44. The molecule has 3 aromatic rings. The number of hydrogen-bond acceptors (Lipinski definition) is 3. The number of hydrogen-bond donors (Lipinski definition) is 1. The van der Waals surface area contributed by atoms with Crippen LogP contribution < -0.4 is 10.2 Å². The van der Waals surface area contributed by atoms with Crippen LogP contribution in [0, 0.1) is 7.14 Å². The van der Waals surface area contributed by atoms with Crippen molar-refractivity contribution in [1.29, 1.82) is 0 Å². The predicted octanol–water partition coefficient (Wildman–Crippen LogP) is 5.82. The van der Waals surface area contributed by atoms with Crippen molar-refractivity contribution in [3.8, 4) is 5.75 Å². The fraction of sp³-hybridized carbons (Fsp3) is 0.0909. The van der Waals surface area contributed by atoms with E-state index in [1.165, 1.54) is 0 Å². The molecule has 0 spiro atoms. The highest BCUT2D eigenvalue weighted by Gasteiger charge is 2.09. The van der Waals surface area contributed by atoms with Crippen LogP contribution in [0.3, 0.4) is 0 Å². The summed E-state index contributed by atoms with van der Waals surface area (Å²) in [5, 5.41) is 4.71. The predicted molar refractivity (Wildman–Crippen MR) is 134 cm³/mol. The smallest absolute Gasteiger partial charge is 0.244 e. The molecule has 0 aromatic heterocycles. The lowest BCUT2D eigenvalue weighted by atomic mass is 10.1. The third-order valence-electron chi connectivity index (χ3n) is 3.93. The molecular formula is C22H17ClI2N2O2. The van der Waals surface area contributed by atoms with Crippen molar-refractivity contribution in [1.82, 2.24) is 5.43 Å². The van der Waals surface area contributed by atoms with Crippen LogP contribution in [-0.4, -0.2) is 12.1 Å². The summed E-state index contributed by atoms with van der Waals surface area (Å²) in [6.07, 6.45) is 1.88. The zero-order chi connectivity index (χ0) is 20.6. The molecule has 0 saturated heterocycles. The molecule has 0 radical (unpaired) electrons. The molecule has 0 unspecified atom stereocenters. The Morgan fingerprint density at radius 2 is 1.66 bits per heavy atom. The van der Waals surface area contributed by atoms with Gasteiger partial charge in [0.25, 0.3) is 0 Å². The summed E-state index contributed by atoms with van der Waals surface area (Å²) in [4.78, 5) is 12.0. The minimum Gasteiger partial charge on any atom is -0.487 e. The lowest BCUT2D eigenvalue weighted by molar-refractivity contribution is -0.120. The highest BCUT2D eigenvalue weighted by Crippen LogP contribution is 2.29. The Bertz CT molecular complexity index is 986. The lowest BCUT2D eigenvalue weighted by Crippen LogP contribution is -2.19. The van der Waals surface area contributed by atoms with Gasteiger partial charge in [0, 0.05) is 5.02 Å². The highest BCUT2D eigenvalue weighted by atomic mass is 127. The molecule has 1 amide bonds. The summed E-state index contributed by atoms with van der Waals surface area (Å²) in [6, 6.07) is 21.2. The van der Waals surface area contributed by atoms with Crippen molar-refractivity contribution in [3.63, 3.8) is 0 Å². The van der Waals surface area contributed by atoms with E-state index in [2.05, 4.69) is 55.7 Å². The van der Waals surface area contributed by atoms with Crippen LogP contribution in [-0.2, 0) is 17.8 Å². The first-order valence-corrected chi connectivity index (χ1v) is 11.3. The molecule has 0 saturated carbocycles.